The predicted molar refractivity (Wildman–Crippen MR) is 119 cm³/mol. The van der Waals surface area contributed by atoms with Crippen molar-refractivity contribution in [1.82, 2.24) is 20.9 Å². The van der Waals surface area contributed by atoms with Crippen LogP contribution in [-0.2, 0) is 11.3 Å². The Labute approximate surface area is 177 Å². The Morgan fingerprint density at radius 1 is 1.19 bits per heavy atom. The fraction of sp³-hybridized carbons (Fsp3) is 0.706. The summed E-state index contributed by atoms with van der Waals surface area (Å²) < 4.78 is 5.19. The Kier molecular flexibility index (Phi) is 11.8. The Bertz CT molecular complexity index is 565. The van der Waals surface area contributed by atoms with Gasteiger partial charge in [-0.2, -0.15) is 0 Å². The summed E-state index contributed by atoms with van der Waals surface area (Å²) in [4.78, 5) is 21.8. The zero-order chi connectivity index (χ0) is 18.9. The molecule has 150 valence electrons. The van der Waals surface area contributed by atoms with Crippen molar-refractivity contribution in [1.29, 1.82) is 0 Å². The molecule has 1 heterocycles. The monoisotopic (exact) mass is 497 g/mol. The topological polar surface area (TPSA) is 87.6 Å². The van der Waals surface area contributed by atoms with E-state index < -0.39 is 5.60 Å². The molecule has 0 radical (unpaired) electrons. The number of thiazole rings is 1. The molecule has 0 aliphatic heterocycles. The standard InChI is InChI=1S/C17H31N5O2S.HI/c1-7-18-15(21-11-14-22-12(2)13(3)25-14)19-9-8-10-20-16(23)24-17(4,5)6;/h7-11H2,1-6H3,(H,20,23)(H2,18,19,21);1H. The largest absolute Gasteiger partial charge is 0.444 e. The van der Waals surface area contributed by atoms with Crippen LogP contribution in [0.4, 0.5) is 4.79 Å². The number of hydrogen-bond donors (Lipinski definition) is 3. The first-order chi connectivity index (χ1) is 11.7. The number of amides is 1. The van der Waals surface area contributed by atoms with E-state index in [1.54, 1.807) is 11.3 Å². The minimum Gasteiger partial charge on any atom is -0.444 e. The highest BCUT2D eigenvalue weighted by atomic mass is 127. The lowest BCUT2D eigenvalue weighted by molar-refractivity contribution is 0.0527. The van der Waals surface area contributed by atoms with Gasteiger partial charge in [0.2, 0.25) is 0 Å². The molecule has 0 spiro atoms. The van der Waals surface area contributed by atoms with Gasteiger partial charge in [0.25, 0.3) is 0 Å². The maximum Gasteiger partial charge on any atom is 0.407 e. The van der Waals surface area contributed by atoms with Crippen LogP contribution in [0.15, 0.2) is 4.99 Å². The molecule has 1 amide bonds. The summed E-state index contributed by atoms with van der Waals surface area (Å²) in [6.45, 7) is 14.3. The molecule has 3 N–H and O–H groups in total. The molecule has 7 nitrogen and oxygen atoms in total. The van der Waals surface area contributed by atoms with E-state index in [2.05, 4.69) is 32.9 Å². The van der Waals surface area contributed by atoms with Crippen molar-refractivity contribution < 1.29 is 9.53 Å². The highest BCUT2D eigenvalue weighted by Gasteiger charge is 2.15. The van der Waals surface area contributed by atoms with Crippen LogP contribution < -0.4 is 16.0 Å². The predicted octanol–water partition coefficient (Wildman–Crippen LogP) is 3.35. The molecule has 9 heteroatoms. The number of alkyl carbamates (subject to hydrolysis) is 1. The molecular weight excluding hydrogens is 465 g/mol. The number of ether oxygens (including phenoxy) is 1. The fourth-order valence-electron chi connectivity index (χ4n) is 1.90. The van der Waals surface area contributed by atoms with Gasteiger partial charge in [-0.1, -0.05) is 0 Å². The van der Waals surface area contributed by atoms with Crippen LogP contribution in [-0.4, -0.2) is 42.3 Å². The molecular formula is C17H32IN5O2S. The van der Waals surface area contributed by atoms with Crippen molar-refractivity contribution in [2.45, 2.75) is 60.1 Å². The van der Waals surface area contributed by atoms with Crippen LogP contribution in [0.2, 0.25) is 0 Å². The number of guanidine groups is 1. The third-order valence-corrected chi connectivity index (χ3v) is 4.16. The van der Waals surface area contributed by atoms with Crippen LogP contribution >= 0.6 is 35.3 Å². The van der Waals surface area contributed by atoms with Crippen molar-refractivity contribution in [2.75, 3.05) is 19.6 Å². The second-order valence-electron chi connectivity index (χ2n) is 6.65. The fourth-order valence-corrected chi connectivity index (χ4v) is 2.75. The molecule has 0 saturated heterocycles. The first-order valence-corrected chi connectivity index (χ1v) is 9.45. The highest BCUT2D eigenvalue weighted by Crippen LogP contribution is 2.16. The number of nitrogens with zero attached hydrogens (tertiary/aromatic N) is 2. The minimum atomic E-state index is -0.472. The zero-order valence-corrected chi connectivity index (χ0v) is 19.7. The highest BCUT2D eigenvalue weighted by molar-refractivity contribution is 14.0. The molecule has 0 unspecified atom stereocenters. The van der Waals surface area contributed by atoms with Gasteiger partial charge in [0, 0.05) is 24.5 Å². The average Bonchev–Trinajstić information content (AvgIpc) is 2.81. The lowest BCUT2D eigenvalue weighted by atomic mass is 10.2. The lowest BCUT2D eigenvalue weighted by Gasteiger charge is -2.19. The summed E-state index contributed by atoms with van der Waals surface area (Å²) in [5.41, 5.74) is 0.598. The number of rotatable bonds is 7. The number of hydrogen-bond acceptors (Lipinski definition) is 5. The smallest absolute Gasteiger partial charge is 0.407 e. The van der Waals surface area contributed by atoms with Gasteiger partial charge in [-0.05, 0) is 48.0 Å². The number of halogens is 1. The first-order valence-electron chi connectivity index (χ1n) is 8.63. The number of aryl methyl sites for hydroxylation is 2. The SMILES string of the molecule is CCNC(=NCc1nc(C)c(C)s1)NCCCNC(=O)OC(C)(C)C.I. The summed E-state index contributed by atoms with van der Waals surface area (Å²) in [5.74, 6) is 0.755. The van der Waals surface area contributed by atoms with Crippen LogP contribution in [0.1, 0.15) is 49.7 Å². The van der Waals surface area contributed by atoms with Gasteiger partial charge >= 0.3 is 6.09 Å². The van der Waals surface area contributed by atoms with Crippen LogP contribution in [0.3, 0.4) is 0 Å². The number of nitrogens with one attached hydrogen (secondary N) is 3. The van der Waals surface area contributed by atoms with Crippen molar-refractivity contribution >= 4 is 47.4 Å². The molecule has 0 aliphatic rings. The van der Waals surface area contributed by atoms with Gasteiger partial charge in [-0.15, -0.1) is 35.3 Å². The summed E-state index contributed by atoms with van der Waals surface area (Å²) >= 11 is 1.68. The van der Waals surface area contributed by atoms with Crippen molar-refractivity contribution in [3.63, 3.8) is 0 Å². The van der Waals surface area contributed by atoms with E-state index >= 15 is 0 Å². The summed E-state index contributed by atoms with van der Waals surface area (Å²) in [6, 6.07) is 0. The van der Waals surface area contributed by atoms with Crippen molar-refractivity contribution in [2.24, 2.45) is 4.99 Å². The van der Waals surface area contributed by atoms with E-state index in [1.165, 1.54) is 4.88 Å². The summed E-state index contributed by atoms with van der Waals surface area (Å²) in [5, 5.41) is 10.2. The van der Waals surface area contributed by atoms with Crippen LogP contribution in [0, 0.1) is 13.8 Å². The molecule has 0 aliphatic carbocycles. The molecule has 1 aromatic heterocycles. The lowest BCUT2D eigenvalue weighted by Crippen LogP contribution is -2.39. The third-order valence-electron chi connectivity index (χ3n) is 3.10. The maximum absolute atomic E-state index is 11.6. The molecule has 26 heavy (non-hydrogen) atoms. The van der Waals surface area contributed by atoms with Gasteiger partial charge in [-0.25, -0.2) is 14.8 Å². The van der Waals surface area contributed by atoms with Gasteiger partial charge < -0.3 is 20.7 Å². The van der Waals surface area contributed by atoms with Crippen LogP contribution in [0.25, 0.3) is 0 Å². The van der Waals surface area contributed by atoms with E-state index in [9.17, 15) is 4.79 Å². The quantitative estimate of drug-likeness (QED) is 0.233. The van der Waals surface area contributed by atoms with Gasteiger partial charge in [-0.3, -0.25) is 0 Å². The van der Waals surface area contributed by atoms with E-state index in [4.69, 9.17) is 4.74 Å². The first kappa shape index (κ1) is 24.9. The molecule has 0 saturated carbocycles. The van der Waals surface area contributed by atoms with Crippen molar-refractivity contribution in [3.05, 3.63) is 15.6 Å². The molecule has 1 aromatic rings. The molecule has 0 atom stereocenters. The summed E-state index contributed by atoms with van der Waals surface area (Å²) in [6.07, 6.45) is 0.390. The van der Waals surface area contributed by atoms with Gasteiger partial charge in [0.15, 0.2) is 5.96 Å². The molecule has 0 fully saturated rings. The maximum atomic E-state index is 11.6. The van der Waals surface area contributed by atoms with E-state index in [0.29, 0.717) is 19.6 Å². The van der Waals surface area contributed by atoms with E-state index in [-0.39, 0.29) is 30.1 Å². The second kappa shape index (κ2) is 12.3. The minimum absolute atomic E-state index is 0. The molecule has 0 bridgehead atoms. The van der Waals surface area contributed by atoms with Crippen LogP contribution in [0.5, 0.6) is 0 Å². The number of aromatic nitrogens is 1. The summed E-state index contributed by atoms with van der Waals surface area (Å²) in [7, 11) is 0. The number of carbonyl (C=O) groups is 1. The second-order valence-corrected chi connectivity index (χ2v) is 7.94. The number of aliphatic imine (C=N–C) groups is 1. The van der Waals surface area contributed by atoms with Gasteiger partial charge in [0.1, 0.15) is 10.6 Å². The molecule has 0 aromatic carbocycles. The van der Waals surface area contributed by atoms with Gasteiger partial charge in [0.05, 0.1) is 12.2 Å². The van der Waals surface area contributed by atoms with Crippen molar-refractivity contribution in [3.8, 4) is 0 Å². The Hall–Kier alpha value is -1.10. The number of carbonyl (C=O) groups excluding carboxylic acids is 1. The zero-order valence-electron chi connectivity index (χ0n) is 16.6. The Morgan fingerprint density at radius 2 is 1.85 bits per heavy atom. The Morgan fingerprint density at radius 3 is 2.38 bits per heavy atom. The Balaban J connectivity index is 0.00000625. The third kappa shape index (κ3) is 10.8. The normalized spacial score (nSPS) is 11.5. The van der Waals surface area contributed by atoms with E-state index in [0.717, 1.165) is 29.6 Å². The average molecular weight is 497 g/mol. The van der Waals surface area contributed by atoms with E-state index in [1.807, 2.05) is 34.6 Å². The molecule has 1 rings (SSSR count).